The van der Waals surface area contributed by atoms with Crippen LogP contribution in [-0.4, -0.2) is 5.91 Å². The first kappa shape index (κ1) is 12.6. The summed E-state index contributed by atoms with van der Waals surface area (Å²) >= 11 is 0. The summed E-state index contributed by atoms with van der Waals surface area (Å²) in [5.41, 5.74) is 9.69. The van der Waals surface area contributed by atoms with Crippen molar-refractivity contribution in [3.05, 3.63) is 54.1 Å². The van der Waals surface area contributed by atoms with Gasteiger partial charge in [-0.3, -0.25) is 4.79 Å². The van der Waals surface area contributed by atoms with Crippen LogP contribution in [0.4, 0.5) is 5.69 Å². The highest BCUT2D eigenvalue weighted by molar-refractivity contribution is 6.03. The molecule has 0 radical (unpaired) electrons. The number of para-hydroxylation sites is 1. The van der Waals surface area contributed by atoms with Crippen molar-refractivity contribution in [2.24, 2.45) is 5.73 Å². The number of nitrogens with one attached hydrogen (secondary N) is 1. The standard InChI is InChI=1S/C14H12N2O.ClH/c15-13-11-7-2-1-5-9(11)10-6-3-4-8-12(10)16-14(13)17;/h1-8,13H,15H2,(H,16,17);1H. The fraction of sp³-hybridized carbons (Fsp3) is 0.0714. The van der Waals surface area contributed by atoms with E-state index >= 15 is 0 Å². The molecule has 18 heavy (non-hydrogen) atoms. The van der Waals surface area contributed by atoms with Gasteiger partial charge in [0.15, 0.2) is 0 Å². The monoisotopic (exact) mass is 260 g/mol. The van der Waals surface area contributed by atoms with E-state index in [2.05, 4.69) is 5.32 Å². The second kappa shape index (κ2) is 4.80. The third kappa shape index (κ3) is 1.88. The highest BCUT2D eigenvalue weighted by Gasteiger charge is 2.24. The van der Waals surface area contributed by atoms with Crippen LogP contribution < -0.4 is 11.1 Å². The summed E-state index contributed by atoms with van der Waals surface area (Å²) in [6.07, 6.45) is 0. The van der Waals surface area contributed by atoms with Gasteiger partial charge in [0.25, 0.3) is 0 Å². The maximum Gasteiger partial charge on any atom is 0.245 e. The van der Waals surface area contributed by atoms with E-state index in [0.717, 1.165) is 22.4 Å². The number of carbonyl (C=O) groups excluding carboxylic acids is 1. The van der Waals surface area contributed by atoms with Gasteiger partial charge in [-0.25, -0.2) is 0 Å². The predicted octanol–water partition coefficient (Wildman–Crippen LogP) is 2.73. The van der Waals surface area contributed by atoms with Gasteiger partial charge in [-0.15, -0.1) is 12.4 Å². The van der Waals surface area contributed by atoms with Crippen LogP contribution >= 0.6 is 12.4 Å². The number of nitrogens with two attached hydrogens (primary N) is 1. The molecule has 1 unspecified atom stereocenters. The van der Waals surface area contributed by atoms with Gasteiger partial charge in [-0.05, 0) is 17.2 Å². The summed E-state index contributed by atoms with van der Waals surface area (Å²) in [5.74, 6) is -0.164. The molecule has 0 bridgehead atoms. The van der Waals surface area contributed by atoms with E-state index < -0.39 is 6.04 Å². The molecule has 2 aromatic rings. The lowest BCUT2D eigenvalue weighted by atomic mass is 9.96. The first-order valence-electron chi connectivity index (χ1n) is 5.52. The molecule has 0 aliphatic carbocycles. The van der Waals surface area contributed by atoms with Crippen LogP contribution in [0.15, 0.2) is 48.5 Å². The summed E-state index contributed by atoms with van der Waals surface area (Å²) in [6.45, 7) is 0. The minimum Gasteiger partial charge on any atom is -0.324 e. The molecule has 2 aromatic carbocycles. The Hall–Kier alpha value is -1.84. The van der Waals surface area contributed by atoms with E-state index in [0.29, 0.717) is 0 Å². The molecule has 3 N–H and O–H groups in total. The van der Waals surface area contributed by atoms with Crippen molar-refractivity contribution in [1.29, 1.82) is 0 Å². The van der Waals surface area contributed by atoms with Gasteiger partial charge >= 0.3 is 0 Å². The lowest BCUT2D eigenvalue weighted by molar-refractivity contribution is -0.117. The maximum atomic E-state index is 11.9. The van der Waals surface area contributed by atoms with E-state index in [9.17, 15) is 4.79 Å². The van der Waals surface area contributed by atoms with Crippen molar-refractivity contribution < 1.29 is 4.79 Å². The summed E-state index contributed by atoms with van der Waals surface area (Å²) in [6, 6.07) is 14.9. The summed E-state index contributed by atoms with van der Waals surface area (Å²) in [4.78, 5) is 11.9. The Bertz CT molecular complexity index is 598. The molecular weight excluding hydrogens is 248 g/mol. The van der Waals surface area contributed by atoms with Crippen molar-refractivity contribution in [2.45, 2.75) is 6.04 Å². The number of anilines is 1. The van der Waals surface area contributed by atoms with E-state index in [1.807, 2.05) is 48.5 Å². The zero-order chi connectivity index (χ0) is 11.8. The largest absolute Gasteiger partial charge is 0.324 e. The van der Waals surface area contributed by atoms with Crippen LogP contribution in [0.1, 0.15) is 11.6 Å². The topological polar surface area (TPSA) is 55.1 Å². The van der Waals surface area contributed by atoms with Crippen molar-refractivity contribution >= 4 is 24.0 Å². The molecule has 1 aliphatic heterocycles. The Morgan fingerprint density at radius 3 is 2.33 bits per heavy atom. The summed E-state index contributed by atoms with van der Waals surface area (Å²) in [7, 11) is 0. The molecule has 92 valence electrons. The van der Waals surface area contributed by atoms with Crippen LogP contribution in [0.2, 0.25) is 0 Å². The number of carbonyl (C=O) groups is 1. The zero-order valence-electron chi connectivity index (χ0n) is 9.59. The second-order valence-electron chi connectivity index (χ2n) is 4.10. The number of hydrogen-bond donors (Lipinski definition) is 2. The second-order valence-corrected chi connectivity index (χ2v) is 4.10. The summed E-state index contributed by atoms with van der Waals surface area (Å²) < 4.78 is 0. The average Bonchev–Trinajstić information content (AvgIpc) is 2.48. The predicted molar refractivity (Wildman–Crippen MR) is 74.7 cm³/mol. The number of benzene rings is 2. The Kier molecular flexibility index (Phi) is 3.36. The highest BCUT2D eigenvalue weighted by atomic mass is 35.5. The molecule has 1 amide bonds. The third-order valence-electron chi connectivity index (χ3n) is 3.05. The first-order chi connectivity index (χ1) is 8.27. The van der Waals surface area contributed by atoms with Crippen LogP contribution in [0.25, 0.3) is 11.1 Å². The lowest BCUT2D eigenvalue weighted by Crippen LogP contribution is -2.26. The van der Waals surface area contributed by atoms with Crippen LogP contribution in [0, 0.1) is 0 Å². The highest BCUT2D eigenvalue weighted by Crippen LogP contribution is 2.35. The average molecular weight is 261 g/mol. The molecule has 0 fully saturated rings. The van der Waals surface area contributed by atoms with Gasteiger partial charge in [0.05, 0.1) is 0 Å². The Labute approximate surface area is 111 Å². The van der Waals surface area contributed by atoms with Gasteiger partial charge in [-0.2, -0.15) is 0 Å². The molecule has 0 saturated carbocycles. The molecule has 0 saturated heterocycles. The smallest absolute Gasteiger partial charge is 0.245 e. The van der Waals surface area contributed by atoms with E-state index in [4.69, 9.17) is 5.73 Å². The van der Waals surface area contributed by atoms with Gasteiger partial charge < -0.3 is 11.1 Å². The maximum absolute atomic E-state index is 11.9. The molecule has 3 rings (SSSR count). The molecule has 4 heteroatoms. The zero-order valence-corrected chi connectivity index (χ0v) is 10.4. The van der Waals surface area contributed by atoms with Crippen molar-refractivity contribution in [1.82, 2.24) is 0 Å². The van der Waals surface area contributed by atoms with Gasteiger partial charge in [-0.1, -0.05) is 42.5 Å². The first-order valence-corrected chi connectivity index (χ1v) is 5.52. The number of fused-ring (bicyclic) bond motifs is 3. The minimum atomic E-state index is -0.612. The van der Waals surface area contributed by atoms with Crippen molar-refractivity contribution in [3.8, 4) is 11.1 Å². The van der Waals surface area contributed by atoms with E-state index in [1.165, 1.54) is 0 Å². The molecule has 3 nitrogen and oxygen atoms in total. The Morgan fingerprint density at radius 2 is 1.56 bits per heavy atom. The van der Waals surface area contributed by atoms with Crippen LogP contribution in [-0.2, 0) is 4.79 Å². The fourth-order valence-electron chi connectivity index (χ4n) is 2.19. The van der Waals surface area contributed by atoms with Crippen molar-refractivity contribution in [3.63, 3.8) is 0 Å². The number of hydrogen-bond acceptors (Lipinski definition) is 2. The van der Waals surface area contributed by atoms with E-state index in [-0.39, 0.29) is 18.3 Å². The quantitative estimate of drug-likeness (QED) is 0.765. The minimum absolute atomic E-state index is 0. The number of amides is 1. The third-order valence-corrected chi connectivity index (χ3v) is 3.05. The number of rotatable bonds is 0. The van der Waals surface area contributed by atoms with E-state index in [1.54, 1.807) is 0 Å². The Morgan fingerprint density at radius 1 is 0.944 bits per heavy atom. The van der Waals surface area contributed by atoms with Crippen LogP contribution in [0.3, 0.4) is 0 Å². The molecule has 1 aliphatic rings. The molecule has 0 spiro atoms. The van der Waals surface area contributed by atoms with Gasteiger partial charge in [0, 0.05) is 11.3 Å². The molecule has 0 aromatic heterocycles. The summed E-state index contributed by atoms with van der Waals surface area (Å²) in [5, 5.41) is 2.86. The molecule has 1 atom stereocenters. The SMILES string of the molecule is Cl.NC1C(=O)Nc2ccccc2-c2ccccc21. The fourth-order valence-corrected chi connectivity index (χ4v) is 2.19. The molecular formula is C14H13ClN2O. The van der Waals surface area contributed by atoms with Crippen molar-refractivity contribution in [2.75, 3.05) is 5.32 Å². The van der Waals surface area contributed by atoms with Crippen LogP contribution in [0.5, 0.6) is 0 Å². The van der Waals surface area contributed by atoms with Gasteiger partial charge in [0.2, 0.25) is 5.91 Å². The molecule has 1 heterocycles. The van der Waals surface area contributed by atoms with Gasteiger partial charge in [0.1, 0.15) is 6.04 Å². The normalized spacial score (nSPS) is 16.7. The number of halogens is 1. The lowest BCUT2D eigenvalue weighted by Gasteiger charge is -2.10. The Balaban J connectivity index is 0.00000120.